The molecule has 1 aliphatic heterocycles. The lowest BCUT2D eigenvalue weighted by molar-refractivity contribution is -0.137. The van der Waals surface area contributed by atoms with Gasteiger partial charge in [0, 0.05) is 18.8 Å². The molecule has 1 atom stereocenters. The van der Waals surface area contributed by atoms with Crippen molar-refractivity contribution in [2.75, 3.05) is 11.4 Å². The molecule has 0 amide bonds. The standard InChI is InChI=1S/C11H14N2O2/c14-11(15)8-9-4-3-7-13(9)10-5-1-2-6-12-10/h1-2,5-6,9H,3-4,7-8H2,(H,14,15). The van der Waals surface area contributed by atoms with Crippen LogP contribution in [0.25, 0.3) is 0 Å². The Morgan fingerprint density at radius 1 is 1.60 bits per heavy atom. The van der Waals surface area contributed by atoms with Crippen molar-refractivity contribution >= 4 is 11.8 Å². The fourth-order valence-electron chi connectivity index (χ4n) is 2.07. The second kappa shape index (κ2) is 4.29. The maximum absolute atomic E-state index is 10.7. The lowest BCUT2D eigenvalue weighted by Crippen LogP contribution is -2.31. The van der Waals surface area contributed by atoms with Crippen LogP contribution < -0.4 is 4.90 Å². The van der Waals surface area contributed by atoms with Crippen LogP contribution in [0.2, 0.25) is 0 Å². The minimum absolute atomic E-state index is 0.109. The molecule has 4 heteroatoms. The van der Waals surface area contributed by atoms with E-state index in [1.165, 1.54) is 0 Å². The Balaban J connectivity index is 2.11. The molecule has 1 N–H and O–H groups in total. The molecule has 0 aliphatic carbocycles. The molecule has 2 rings (SSSR count). The van der Waals surface area contributed by atoms with Crippen LogP contribution in [0.15, 0.2) is 24.4 Å². The maximum atomic E-state index is 10.7. The third-order valence-corrected chi connectivity index (χ3v) is 2.73. The van der Waals surface area contributed by atoms with Gasteiger partial charge in [-0.2, -0.15) is 0 Å². The Labute approximate surface area is 88.6 Å². The molecule has 1 aliphatic rings. The van der Waals surface area contributed by atoms with E-state index in [-0.39, 0.29) is 12.5 Å². The van der Waals surface area contributed by atoms with E-state index in [1.807, 2.05) is 18.2 Å². The van der Waals surface area contributed by atoms with Gasteiger partial charge in [-0.25, -0.2) is 4.98 Å². The van der Waals surface area contributed by atoms with Crippen LogP contribution in [0.1, 0.15) is 19.3 Å². The Morgan fingerprint density at radius 3 is 3.13 bits per heavy atom. The first kappa shape index (κ1) is 9.96. The molecule has 2 heterocycles. The largest absolute Gasteiger partial charge is 0.481 e. The molecule has 1 fully saturated rings. The van der Waals surface area contributed by atoms with Gasteiger partial charge in [0.2, 0.25) is 0 Å². The number of rotatable bonds is 3. The second-order valence-corrected chi connectivity index (χ2v) is 3.78. The van der Waals surface area contributed by atoms with Crippen molar-refractivity contribution in [1.82, 2.24) is 4.98 Å². The molecule has 0 radical (unpaired) electrons. The third-order valence-electron chi connectivity index (χ3n) is 2.73. The quantitative estimate of drug-likeness (QED) is 0.814. The van der Waals surface area contributed by atoms with Crippen molar-refractivity contribution in [2.24, 2.45) is 0 Å². The second-order valence-electron chi connectivity index (χ2n) is 3.78. The van der Waals surface area contributed by atoms with Crippen molar-refractivity contribution in [2.45, 2.75) is 25.3 Å². The summed E-state index contributed by atoms with van der Waals surface area (Å²) in [6.07, 6.45) is 3.94. The van der Waals surface area contributed by atoms with E-state index < -0.39 is 5.97 Å². The normalized spacial score (nSPS) is 20.5. The van der Waals surface area contributed by atoms with Crippen LogP contribution in [0.3, 0.4) is 0 Å². The highest BCUT2D eigenvalue weighted by Crippen LogP contribution is 2.25. The molecular weight excluding hydrogens is 192 g/mol. The van der Waals surface area contributed by atoms with Gasteiger partial charge in [-0.3, -0.25) is 4.79 Å². The SMILES string of the molecule is O=C(O)CC1CCCN1c1ccccn1. The number of carboxylic acids is 1. The van der Waals surface area contributed by atoms with Crippen molar-refractivity contribution in [3.05, 3.63) is 24.4 Å². The predicted octanol–water partition coefficient (Wildman–Crippen LogP) is 1.53. The van der Waals surface area contributed by atoms with Crippen LogP contribution in [0.4, 0.5) is 5.82 Å². The fourth-order valence-corrected chi connectivity index (χ4v) is 2.07. The molecular formula is C11H14N2O2. The van der Waals surface area contributed by atoms with E-state index in [0.717, 1.165) is 25.2 Å². The van der Waals surface area contributed by atoms with E-state index in [9.17, 15) is 4.79 Å². The average molecular weight is 206 g/mol. The number of carbonyl (C=O) groups is 1. The summed E-state index contributed by atoms with van der Waals surface area (Å²) in [5.41, 5.74) is 0. The van der Waals surface area contributed by atoms with Gasteiger partial charge in [0.25, 0.3) is 0 Å². The summed E-state index contributed by atoms with van der Waals surface area (Å²) in [6, 6.07) is 5.84. The van der Waals surface area contributed by atoms with Crippen molar-refractivity contribution in [1.29, 1.82) is 0 Å². The number of hydrogen-bond donors (Lipinski definition) is 1. The first-order chi connectivity index (χ1) is 7.27. The van der Waals surface area contributed by atoms with E-state index in [4.69, 9.17) is 5.11 Å². The van der Waals surface area contributed by atoms with Gasteiger partial charge in [-0.05, 0) is 25.0 Å². The summed E-state index contributed by atoms with van der Waals surface area (Å²) in [5.74, 6) is 0.157. The van der Waals surface area contributed by atoms with Gasteiger partial charge in [0.05, 0.1) is 6.42 Å². The highest BCUT2D eigenvalue weighted by molar-refractivity contribution is 5.68. The zero-order valence-corrected chi connectivity index (χ0v) is 8.47. The molecule has 1 aromatic rings. The summed E-state index contributed by atoms with van der Waals surface area (Å²) in [5, 5.41) is 8.79. The van der Waals surface area contributed by atoms with E-state index in [1.54, 1.807) is 6.20 Å². The minimum Gasteiger partial charge on any atom is -0.481 e. The monoisotopic (exact) mass is 206 g/mol. The van der Waals surface area contributed by atoms with Crippen LogP contribution in [0.5, 0.6) is 0 Å². The molecule has 4 nitrogen and oxygen atoms in total. The van der Waals surface area contributed by atoms with Gasteiger partial charge < -0.3 is 10.0 Å². The Morgan fingerprint density at radius 2 is 2.47 bits per heavy atom. The van der Waals surface area contributed by atoms with Crippen LogP contribution >= 0.6 is 0 Å². The maximum Gasteiger partial charge on any atom is 0.305 e. The number of nitrogens with zero attached hydrogens (tertiary/aromatic N) is 2. The smallest absolute Gasteiger partial charge is 0.305 e. The third kappa shape index (κ3) is 2.26. The molecule has 0 aromatic carbocycles. The molecule has 1 saturated heterocycles. The Kier molecular flexibility index (Phi) is 2.85. The summed E-state index contributed by atoms with van der Waals surface area (Å²) in [4.78, 5) is 17.0. The van der Waals surface area contributed by atoms with Crippen LogP contribution in [-0.2, 0) is 4.79 Å². The van der Waals surface area contributed by atoms with E-state index in [2.05, 4.69) is 9.88 Å². The van der Waals surface area contributed by atoms with Gasteiger partial charge in [-0.1, -0.05) is 6.07 Å². The first-order valence-electron chi connectivity index (χ1n) is 5.17. The predicted molar refractivity (Wildman–Crippen MR) is 56.9 cm³/mol. The molecule has 1 aromatic heterocycles. The summed E-state index contributed by atoms with van der Waals surface area (Å²) >= 11 is 0. The van der Waals surface area contributed by atoms with Crippen LogP contribution in [-0.4, -0.2) is 28.6 Å². The number of hydrogen-bond acceptors (Lipinski definition) is 3. The highest BCUT2D eigenvalue weighted by atomic mass is 16.4. The van der Waals surface area contributed by atoms with Crippen molar-refractivity contribution < 1.29 is 9.90 Å². The van der Waals surface area contributed by atoms with Gasteiger partial charge in [0.15, 0.2) is 0 Å². The van der Waals surface area contributed by atoms with Gasteiger partial charge in [-0.15, -0.1) is 0 Å². The van der Waals surface area contributed by atoms with Crippen LogP contribution in [0, 0.1) is 0 Å². The zero-order valence-electron chi connectivity index (χ0n) is 8.47. The Hall–Kier alpha value is -1.58. The van der Waals surface area contributed by atoms with E-state index in [0.29, 0.717) is 0 Å². The minimum atomic E-state index is -0.733. The van der Waals surface area contributed by atoms with Gasteiger partial charge in [0.1, 0.15) is 5.82 Å². The highest BCUT2D eigenvalue weighted by Gasteiger charge is 2.27. The zero-order chi connectivity index (χ0) is 10.7. The number of aromatic nitrogens is 1. The topological polar surface area (TPSA) is 53.4 Å². The summed E-state index contributed by atoms with van der Waals surface area (Å²) in [7, 11) is 0. The number of pyridine rings is 1. The summed E-state index contributed by atoms with van der Waals surface area (Å²) < 4.78 is 0. The van der Waals surface area contributed by atoms with Crippen molar-refractivity contribution in [3.8, 4) is 0 Å². The van der Waals surface area contributed by atoms with Crippen molar-refractivity contribution in [3.63, 3.8) is 0 Å². The number of anilines is 1. The molecule has 0 spiro atoms. The summed E-state index contributed by atoms with van der Waals surface area (Å²) in [6.45, 7) is 0.912. The molecule has 1 unspecified atom stereocenters. The molecule has 15 heavy (non-hydrogen) atoms. The lowest BCUT2D eigenvalue weighted by atomic mass is 10.1. The molecule has 80 valence electrons. The van der Waals surface area contributed by atoms with Gasteiger partial charge >= 0.3 is 5.97 Å². The first-order valence-corrected chi connectivity index (χ1v) is 5.17. The molecule has 0 saturated carbocycles. The molecule has 0 bridgehead atoms. The number of carboxylic acid groups (broad SMARTS) is 1. The van der Waals surface area contributed by atoms with E-state index >= 15 is 0 Å². The Bertz CT molecular complexity index is 340. The average Bonchev–Trinajstić information content (AvgIpc) is 2.66. The lowest BCUT2D eigenvalue weighted by Gasteiger charge is -2.24. The fraction of sp³-hybridized carbons (Fsp3) is 0.455. The number of aliphatic carboxylic acids is 1.